The second kappa shape index (κ2) is 4.38. The molecule has 0 saturated heterocycles. The Morgan fingerprint density at radius 2 is 1.53 bits per heavy atom. The molecule has 7 heteroatoms. The van der Waals surface area contributed by atoms with E-state index in [-0.39, 0.29) is 4.90 Å². The van der Waals surface area contributed by atoms with Crippen LogP contribution in [0.3, 0.4) is 0 Å². The Labute approximate surface area is 101 Å². The summed E-state index contributed by atoms with van der Waals surface area (Å²) in [5.74, 6) is 0. The van der Waals surface area contributed by atoms with Gasteiger partial charge in [0.15, 0.2) is 14.9 Å². The zero-order chi connectivity index (χ0) is 11.7. The predicted octanol–water partition coefficient (Wildman–Crippen LogP) is 1.49. The van der Waals surface area contributed by atoms with Gasteiger partial charge in [-0.15, -0.1) is 0 Å². The molecule has 1 aromatic carbocycles. The summed E-state index contributed by atoms with van der Waals surface area (Å²) >= 11 is 1.13. The highest BCUT2D eigenvalue weighted by molar-refractivity contribution is 14.2. The Kier molecular flexibility index (Phi) is 3.77. The lowest BCUT2D eigenvalue weighted by Crippen LogP contribution is -2.11. The van der Waals surface area contributed by atoms with E-state index < -0.39 is 21.9 Å². The first-order chi connectivity index (χ1) is 6.71. The fourth-order valence-corrected chi connectivity index (χ4v) is 6.59. The van der Waals surface area contributed by atoms with Crippen LogP contribution in [0, 0.1) is 6.92 Å². The number of rotatable bonds is 3. The molecule has 0 aliphatic heterocycles. The minimum Gasteiger partial charge on any atom is -0.223 e. The zero-order valence-electron chi connectivity index (χ0n) is 7.84. The largest absolute Gasteiger partial charge is 0.223 e. The highest BCUT2D eigenvalue weighted by Crippen LogP contribution is 2.16. The fourth-order valence-electron chi connectivity index (χ4n) is 0.999. The van der Waals surface area contributed by atoms with Gasteiger partial charge in [-0.05, 0) is 19.1 Å². The van der Waals surface area contributed by atoms with Crippen molar-refractivity contribution in [1.29, 1.82) is 0 Å². The van der Waals surface area contributed by atoms with Crippen LogP contribution in [0.25, 0.3) is 0 Å². The van der Waals surface area contributed by atoms with Crippen LogP contribution in [0.4, 0.5) is 0 Å². The summed E-state index contributed by atoms with van der Waals surface area (Å²) in [6.45, 7) is 1.82. The van der Waals surface area contributed by atoms with Gasteiger partial charge in [0.2, 0.25) is 7.01 Å². The molecule has 0 spiro atoms. The summed E-state index contributed by atoms with van der Waals surface area (Å²) in [6, 6.07) is 6.08. The zero-order valence-corrected chi connectivity index (χ0v) is 11.6. The van der Waals surface area contributed by atoms with E-state index in [4.69, 9.17) is 0 Å². The minimum atomic E-state index is -3.73. The fraction of sp³-hybridized carbons (Fsp3) is 0.250. The molecule has 0 saturated carbocycles. The standard InChI is InChI=1S/C8H9IO4S2/c1-7-2-4-8(5-3-7)14(10,11)6-15(9,12)13/h2-5H,6H2,1H3. The summed E-state index contributed by atoms with van der Waals surface area (Å²) in [6.07, 6.45) is 0. The van der Waals surface area contributed by atoms with Gasteiger partial charge in [-0.25, -0.2) is 16.8 Å². The molecule has 0 aromatic heterocycles. The minimum absolute atomic E-state index is 0.0355. The summed E-state index contributed by atoms with van der Waals surface area (Å²) in [5, 5.41) is -0.858. The molecule has 0 atom stereocenters. The first-order valence-corrected chi connectivity index (χ1v) is 9.77. The summed E-state index contributed by atoms with van der Waals surface area (Å²) in [5.41, 5.74) is 0.922. The van der Waals surface area contributed by atoms with Gasteiger partial charge in [-0.1, -0.05) is 17.7 Å². The molecule has 1 rings (SSSR count). The van der Waals surface area contributed by atoms with E-state index in [0.29, 0.717) is 0 Å². The van der Waals surface area contributed by atoms with Crippen molar-refractivity contribution in [3.63, 3.8) is 0 Å². The van der Waals surface area contributed by atoms with Gasteiger partial charge in [-0.2, -0.15) is 0 Å². The van der Waals surface area contributed by atoms with Crippen molar-refractivity contribution in [3.8, 4) is 0 Å². The highest BCUT2D eigenvalue weighted by atomic mass is 127. The third-order valence-electron chi connectivity index (χ3n) is 1.68. The van der Waals surface area contributed by atoms with Crippen molar-refractivity contribution < 1.29 is 16.8 Å². The maximum Gasteiger partial charge on any atom is 0.217 e. The first kappa shape index (κ1) is 12.9. The Balaban J connectivity index is 3.13. The maximum atomic E-state index is 11.6. The molecule has 0 amide bonds. The van der Waals surface area contributed by atoms with Crippen molar-refractivity contribution in [2.24, 2.45) is 0 Å². The number of hydrogen-bond donors (Lipinski definition) is 0. The molecule has 0 fully saturated rings. The predicted molar refractivity (Wildman–Crippen MR) is 66.2 cm³/mol. The molecule has 0 unspecified atom stereocenters. The Bertz CT molecular complexity index is 543. The third-order valence-corrected chi connectivity index (χ3v) is 7.32. The summed E-state index contributed by atoms with van der Waals surface area (Å²) in [7, 11) is -7.29. The molecule has 0 bridgehead atoms. The van der Waals surface area contributed by atoms with E-state index in [1.165, 1.54) is 12.1 Å². The van der Waals surface area contributed by atoms with Crippen LogP contribution in [0.5, 0.6) is 0 Å². The van der Waals surface area contributed by atoms with Crippen LogP contribution in [0.2, 0.25) is 0 Å². The summed E-state index contributed by atoms with van der Waals surface area (Å²) < 4.78 is 44.9. The summed E-state index contributed by atoms with van der Waals surface area (Å²) in [4.78, 5) is 0.0355. The molecule has 0 N–H and O–H groups in total. The SMILES string of the molecule is Cc1ccc(S(=O)(=O)CS(=O)(=O)I)cc1. The van der Waals surface area contributed by atoms with Gasteiger partial charge >= 0.3 is 0 Å². The van der Waals surface area contributed by atoms with E-state index in [1.807, 2.05) is 6.92 Å². The van der Waals surface area contributed by atoms with Crippen molar-refractivity contribution in [1.82, 2.24) is 0 Å². The van der Waals surface area contributed by atoms with Crippen molar-refractivity contribution in [2.75, 3.05) is 5.08 Å². The smallest absolute Gasteiger partial charge is 0.217 e. The van der Waals surface area contributed by atoms with E-state index in [9.17, 15) is 16.8 Å². The molecule has 4 nitrogen and oxygen atoms in total. The average molecular weight is 360 g/mol. The van der Waals surface area contributed by atoms with Crippen molar-refractivity contribution in [3.05, 3.63) is 29.8 Å². The van der Waals surface area contributed by atoms with Gasteiger partial charge in [-0.3, -0.25) is 0 Å². The van der Waals surface area contributed by atoms with Crippen molar-refractivity contribution >= 4 is 38.1 Å². The van der Waals surface area contributed by atoms with Crippen LogP contribution in [0.15, 0.2) is 29.2 Å². The normalized spacial score (nSPS) is 12.7. The molecule has 0 aliphatic carbocycles. The second-order valence-electron chi connectivity index (χ2n) is 3.08. The number of halogens is 1. The second-order valence-corrected chi connectivity index (χ2v) is 10.8. The highest BCUT2D eigenvalue weighted by Gasteiger charge is 2.21. The Morgan fingerprint density at radius 3 is 1.93 bits per heavy atom. The van der Waals surface area contributed by atoms with Gasteiger partial charge in [0.1, 0.15) is 0 Å². The van der Waals surface area contributed by atoms with Gasteiger partial charge < -0.3 is 0 Å². The van der Waals surface area contributed by atoms with Crippen LogP contribution in [-0.4, -0.2) is 21.9 Å². The van der Waals surface area contributed by atoms with Crippen LogP contribution in [-0.2, 0) is 16.8 Å². The maximum absolute atomic E-state index is 11.6. The lowest BCUT2D eigenvalue weighted by Gasteiger charge is -2.02. The molecule has 15 heavy (non-hydrogen) atoms. The van der Waals surface area contributed by atoms with Gasteiger partial charge in [0, 0.05) is 0 Å². The van der Waals surface area contributed by atoms with E-state index in [1.54, 1.807) is 12.1 Å². The van der Waals surface area contributed by atoms with Crippen molar-refractivity contribution in [2.45, 2.75) is 11.8 Å². The topological polar surface area (TPSA) is 68.3 Å². The lowest BCUT2D eigenvalue weighted by atomic mass is 10.2. The van der Waals surface area contributed by atoms with Gasteiger partial charge in [0.25, 0.3) is 0 Å². The number of hydrogen-bond acceptors (Lipinski definition) is 4. The molecule has 1 aromatic rings. The van der Waals surface area contributed by atoms with E-state index in [2.05, 4.69) is 0 Å². The number of aryl methyl sites for hydroxylation is 1. The van der Waals surface area contributed by atoms with Crippen LogP contribution >= 0.6 is 21.2 Å². The lowest BCUT2D eigenvalue weighted by molar-refractivity contribution is 0.595. The molecule has 0 heterocycles. The van der Waals surface area contributed by atoms with Crippen LogP contribution in [0.1, 0.15) is 5.56 Å². The third kappa shape index (κ3) is 4.07. The van der Waals surface area contributed by atoms with Crippen LogP contribution < -0.4 is 0 Å². The monoisotopic (exact) mass is 360 g/mol. The number of sulfone groups is 1. The van der Waals surface area contributed by atoms with E-state index >= 15 is 0 Å². The average Bonchev–Trinajstić information content (AvgIpc) is 2.00. The molecular formula is C8H9IO4S2. The Hall–Kier alpha value is -0.150. The molecule has 84 valence electrons. The Morgan fingerprint density at radius 1 is 1.07 bits per heavy atom. The van der Waals surface area contributed by atoms with Gasteiger partial charge in [0.05, 0.1) is 26.1 Å². The first-order valence-electron chi connectivity index (χ1n) is 3.92. The molecular weight excluding hydrogens is 351 g/mol. The molecule has 0 aliphatic rings. The molecule has 0 radical (unpaired) electrons. The van der Waals surface area contributed by atoms with E-state index in [0.717, 1.165) is 26.8 Å². The number of benzene rings is 1. The quantitative estimate of drug-likeness (QED) is 0.605.